The summed E-state index contributed by atoms with van der Waals surface area (Å²) >= 11 is 5.98. The molecule has 0 bridgehead atoms. The monoisotopic (exact) mass is 267 g/mol. The number of aromatic amines is 1. The second-order valence-electron chi connectivity index (χ2n) is 4.28. The lowest BCUT2D eigenvalue weighted by atomic mass is 10.1. The number of nitrogens with one attached hydrogen (secondary N) is 1. The van der Waals surface area contributed by atoms with Crippen molar-refractivity contribution in [3.63, 3.8) is 0 Å². The van der Waals surface area contributed by atoms with Gasteiger partial charge in [-0.3, -0.25) is 0 Å². The Kier molecular flexibility index (Phi) is 2.94. The van der Waals surface area contributed by atoms with Crippen LogP contribution in [0.25, 0.3) is 22.4 Å². The molecule has 1 heterocycles. The van der Waals surface area contributed by atoms with Gasteiger partial charge in [-0.2, -0.15) is 5.26 Å². The number of nitriles is 1. The zero-order valence-electron chi connectivity index (χ0n) is 10.0. The van der Waals surface area contributed by atoms with Crippen LogP contribution >= 0.6 is 11.6 Å². The number of H-pyrrole nitrogens is 1. The SMILES string of the molecule is N#CCc1ccc2nc(-c3cccc(Cl)c3)[nH]c2c1. The second-order valence-corrected chi connectivity index (χ2v) is 4.72. The summed E-state index contributed by atoms with van der Waals surface area (Å²) in [5.74, 6) is 0.784. The average molecular weight is 268 g/mol. The van der Waals surface area contributed by atoms with Gasteiger partial charge in [-0.1, -0.05) is 29.8 Å². The van der Waals surface area contributed by atoms with Crippen LogP contribution in [0.2, 0.25) is 5.02 Å². The normalized spacial score (nSPS) is 10.5. The van der Waals surface area contributed by atoms with Crippen LogP contribution in [0.3, 0.4) is 0 Å². The minimum Gasteiger partial charge on any atom is -0.338 e. The van der Waals surface area contributed by atoms with E-state index in [2.05, 4.69) is 16.0 Å². The van der Waals surface area contributed by atoms with E-state index >= 15 is 0 Å². The molecule has 3 rings (SSSR count). The van der Waals surface area contributed by atoms with Gasteiger partial charge in [-0.15, -0.1) is 0 Å². The Morgan fingerprint density at radius 3 is 2.89 bits per heavy atom. The van der Waals surface area contributed by atoms with Crippen LogP contribution in [-0.2, 0) is 6.42 Å². The van der Waals surface area contributed by atoms with Crippen LogP contribution < -0.4 is 0 Å². The molecule has 0 spiro atoms. The first-order chi connectivity index (χ1) is 9.26. The Labute approximate surface area is 115 Å². The second kappa shape index (κ2) is 4.75. The molecule has 0 amide bonds. The molecule has 2 aromatic carbocycles. The molecular formula is C15H10ClN3. The predicted molar refractivity (Wildman–Crippen MR) is 75.9 cm³/mol. The highest BCUT2D eigenvalue weighted by Gasteiger charge is 2.06. The summed E-state index contributed by atoms with van der Waals surface area (Å²) in [5, 5.41) is 9.40. The van der Waals surface area contributed by atoms with Gasteiger partial charge in [0.1, 0.15) is 5.82 Å². The van der Waals surface area contributed by atoms with Gasteiger partial charge in [0.2, 0.25) is 0 Å². The topological polar surface area (TPSA) is 52.5 Å². The average Bonchev–Trinajstić information content (AvgIpc) is 2.82. The molecule has 0 aliphatic carbocycles. The smallest absolute Gasteiger partial charge is 0.138 e. The van der Waals surface area contributed by atoms with Crippen molar-refractivity contribution < 1.29 is 0 Å². The third kappa shape index (κ3) is 2.31. The van der Waals surface area contributed by atoms with Crippen molar-refractivity contribution in [2.45, 2.75) is 6.42 Å². The maximum absolute atomic E-state index is 8.72. The van der Waals surface area contributed by atoms with Crippen molar-refractivity contribution in [1.29, 1.82) is 5.26 Å². The Bertz CT molecular complexity index is 783. The van der Waals surface area contributed by atoms with Crippen LogP contribution in [-0.4, -0.2) is 9.97 Å². The lowest BCUT2D eigenvalue weighted by Crippen LogP contribution is -1.80. The van der Waals surface area contributed by atoms with E-state index in [9.17, 15) is 0 Å². The van der Waals surface area contributed by atoms with Crippen molar-refractivity contribution in [2.75, 3.05) is 0 Å². The summed E-state index contributed by atoms with van der Waals surface area (Å²) in [6.45, 7) is 0. The van der Waals surface area contributed by atoms with E-state index in [1.165, 1.54) is 0 Å². The molecule has 92 valence electrons. The van der Waals surface area contributed by atoms with Crippen LogP contribution in [0.4, 0.5) is 0 Å². The summed E-state index contributed by atoms with van der Waals surface area (Å²) in [6, 6.07) is 15.5. The van der Waals surface area contributed by atoms with Gasteiger partial charge in [-0.05, 0) is 29.8 Å². The number of hydrogen-bond donors (Lipinski definition) is 1. The summed E-state index contributed by atoms with van der Waals surface area (Å²) in [6.07, 6.45) is 0.404. The molecule has 4 heteroatoms. The van der Waals surface area contributed by atoms with Crippen LogP contribution in [0, 0.1) is 11.3 Å². The van der Waals surface area contributed by atoms with Crippen molar-refractivity contribution >= 4 is 22.6 Å². The standard InChI is InChI=1S/C15H10ClN3/c16-12-3-1-2-11(9-12)15-18-13-5-4-10(6-7-17)8-14(13)19-15/h1-5,8-9H,6H2,(H,18,19). The van der Waals surface area contributed by atoms with Crippen LogP contribution in [0.1, 0.15) is 5.56 Å². The molecule has 0 radical (unpaired) electrons. The highest BCUT2D eigenvalue weighted by atomic mass is 35.5. The highest BCUT2D eigenvalue weighted by Crippen LogP contribution is 2.23. The van der Waals surface area contributed by atoms with Gasteiger partial charge >= 0.3 is 0 Å². The first kappa shape index (κ1) is 11.8. The molecule has 19 heavy (non-hydrogen) atoms. The molecule has 3 nitrogen and oxygen atoms in total. The third-order valence-corrected chi connectivity index (χ3v) is 3.16. The van der Waals surface area contributed by atoms with Crippen molar-refractivity contribution in [2.24, 2.45) is 0 Å². The first-order valence-electron chi connectivity index (χ1n) is 5.88. The maximum atomic E-state index is 8.72. The molecule has 1 aromatic heterocycles. The van der Waals surface area contributed by atoms with E-state index in [0.717, 1.165) is 28.0 Å². The Morgan fingerprint density at radius 1 is 1.21 bits per heavy atom. The number of hydrogen-bond acceptors (Lipinski definition) is 2. The van der Waals surface area contributed by atoms with Crippen molar-refractivity contribution in [1.82, 2.24) is 9.97 Å². The number of nitrogens with zero attached hydrogens (tertiary/aromatic N) is 2. The molecule has 0 saturated carbocycles. The Hall–Kier alpha value is -2.31. The lowest BCUT2D eigenvalue weighted by Gasteiger charge is -1.96. The lowest BCUT2D eigenvalue weighted by molar-refractivity contribution is 1.27. The number of fused-ring (bicyclic) bond motifs is 1. The number of benzene rings is 2. The van der Waals surface area contributed by atoms with E-state index in [-0.39, 0.29) is 0 Å². The fourth-order valence-corrected chi connectivity index (χ4v) is 2.22. The number of imidazole rings is 1. The minimum absolute atomic E-state index is 0.404. The summed E-state index contributed by atoms with van der Waals surface area (Å²) in [4.78, 5) is 7.79. The molecule has 1 N–H and O–H groups in total. The Morgan fingerprint density at radius 2 is 2.11 bits per heavy atom. The number of aromatic nitrogens is 2. The predicted octanol–water partition coefficient (Wildman–Crippen LogP) is 3.95. The molecule has 0 saturated heterocycles. The first-order valence-corrected chi connectivity index (χ1v) is 6.25. The third-order valence-electron chi connectivity index (χ3n) is 2.93. The molecule has 0 atom stereocenters. The number of rotatable bonds is 2. The zero-order chi connectivity index (χ0) is 13.2. The number of halogens is 1. The van der Waals surface area contributed by atoms with E-state index in [0.29, 0.717) is 11.4 Å². The Balaban J connectivity index is 2.09. The summed E-state index contributed by atoms with van der Waals surface area (Å²) in [7, 11) is 0. The van der Waals surface area contributed by atoms with E-state index in [1.54, 1.807) is 0 Å². The van der Waals surface area contributed by atoms with Crippen molar-refractivity contribution in [3.8, 4) is 17.5 Å². The molecule has 0 fully saturated rings. The van der Waals surface area contributed by atoms with Crippen LogP contribution in [0.5, 0.6) is 0 Å². The van der Waals surface area contributed by atoms with Gasteiger partial charge in [-0.25, -0.2) is 4.98 Å². The minimum atomic E-state index is 0.404. The molecular weight excluding hydrogens is 258 g/mol. The zero-order valence-corrected chi connectivity index (χ0v) is 10.8. The molecule has 3 aromatic rings. The van der Waals surface area contributed by atoms with Gasteiger partial charge in [0.15, 0.2) is 0 Å². The molecule has 0 aliphatic heterocycles. The van der Waals surface area contributed by atoms with Gasteiger partial charge < -0.3 is 4.98 Å². The summed E-state index contributed by atoms with van der Waals surface area (Å²) in [5.41, 5.74) is 3.75. The highest BCUT2D eigenvalue weighted by molar-refractivity contribution is 6.30. The van der Waals surface area contributed by atoms with Crippen molar-refractivity contribution in [3.05, 3.63) is 53.1 Å². The van der Waals surface area contributed by atoms with Gasteiger partial charge in [0, 0.05) is 10.6 Å². The fraction of sp³-hybridized carbons (Fsp3) is 0.0667. The quantitative estimate of drug-likeness (QED) is 0.764. The van der Waals surface area contributed by atoms with E-state index in [4.69, 9.17) is 16.9 Å². The fourth-order valence-electron chi connectivity index (χ4n) is 2.03. The molecule has 0 unspecified atom stereocenters. The largest absolute Gasteiger partial charge is 0.338 e. The summed E-state index contributed by atoms with van der Waals surface area (Å²) < 4.78 is 0. The maximum Gasteiger partial charge on any atom is 0.138 e. The van der Waals surface area contributed by atoms with E-state index < -0.39 is 0 Å². The van der Waals surface area contributed by atoms with Crippen LogP contribution in [0.15, 0.2) is 42.5 Å². The van der Waals surface area contributed by atoms with Gasteiger partial charge in [0.25, 0.3) is 0 Å². The van der Waals surface area contributed by atoms with Gasteiger partial charge in [0.05, 0.1) is 23.5 Å². The van der Waals surface area contributed by atoms with E-state index in [1.807, 2.05) is 42.5 Å². The molecule has 0 aliphatic rings.